The van der Waals surface area contributed by atoms with Crippen LogP contribution in [0.4, 0.5) is 102 Å². The molecule has 15 aromatic carbocycles. The van der Waals surface area contributed by atoms with Gasteiger partial charge in [-0.15, -0.1) is 0 Å². The van der Waals surface area contributed by atoms with Gasteiger partial charge in [0, 0.05) is 122 Å². The molecule has 0 unspecified atom stereocenters. The van der Waals surface area contributed by atoms with Gasteiger partial charge in [0.15, 0.2) is 0 Å². The summed E-state index contributed by atoms with van der Waals surface area (Å²) in [6, 6.07) is 138. The van der Waals surface area contributed by atoms with Gasteiger partial charge in [0.05, 0.1) is 0 Å². The molecule has 0 amide bonds. The molecule has 19 rings (SSSR count). The predicted molar refractivity (Wildman–Crippen MR) is 425 cm³/mol. The van der Waals surface area contributed by atoms with Gasteiger partial charge in [0.25, 0.3) is 0 Å². The van der Waals surface area contributed by atoms with Crippen LogP contribution < -0.4 is 62.2 Å². The fraction of sp³-hybridized carbons (Fsp3) is 0. The minimum atomic E-state index is -0.169. The molecule has 100 heavy (non-hydrogen) atoms. The third-order valence-electron chi connectivity index (χ3n) is 19.8. The first kappa shape index (κ1) is 59.2. The Morgan fingerprint density at radius 3 is 0.720 bits per heavy atom. The molecule has 4 aliphatic rings. The molecular formula is C90H62B2N6S2. The van der Waals surface area contributed by atoms with Gasteiger partial charge in [-0.1, -0.05) is 235 Å². The molecule has 0 radical (unpaired) electrons. The van der Waals surface area contributed by atoms with Crippen LogP contribution in [0.3, 0.4) is 0 Å². The van der Waals surface area contributed by atoms with Crippen molar-refractivity contribution in [2.24, 2.45) is 0 Å². The molecule has 0 fully saturated rings. The van der Waals surface area contributed by atoms with Crippen LogP contribution in [0.15, 0.2) is 396 Å². The van der Waals surface area contributed by atoms with Crippen molar-refractivity contribution in [2.75, 3.05) is 29.4 Å². The molecule has 0 bridgehead atoms. The summed E-state index contributed by atoms with van der Waals surface area (Å²) in [5, 5.41) is 0. The zero-order chi connectivity index (χ0) is 66.0. The van der Waals surface area contributed by atoms with Gasteiger partial charge in [-0.25, -0.2) is 0 Å². The predicted octanol–water partition coefficient (Wildman–Crippen LogP) is 21.1. The maximum Gasteiger partial charge on any atom is 0.249 e. The highest BCUT2D eigenvalue weighted by Gasteiger charge is 2.47. The maximum absolute atomic E-state index is 2.65. The summed E-state index contributed by atoms with van der Waals surface area (Å²) in [6.45, 7) is -0.338. The number of nitrogens with zero attached hydrogens (tertiary/aromatic N) is 6. The summed E-state index contributed by atoms with van der Waals surface area (Å²) in [7, 11) is 0. The summed E-state index contributed by atoms with van der Waals surface area (Å²) in [5.74, 6) is 0. The molecule has 0 aromatic heterocycles. The SMILES string of the molecule is c1ccc(N(c2ccccc2)c2ccc3c(c2)Sc2cc(N(c4ccccc4)c4ccccc4)cc4c2B3c2cc3c(cc2N4c2ccccc2)N(c2ccccc2)c2cc(N(c4ccccc4)c4ccccc4)cc4c2B3c2ccc(N(c3ccccc3)c3ccccc3)cc2S4)cc1. The van der Waals surface area contributed by atoms with Crippen molar-refractivity contribution in [3.05, 3.63) is 376 Å². The number of benzene rings is 15. The number of fused-ring (bicyclic) bond motifs is 8. The molecule has 0 saturated carbocycles. The number of hydrogen-bond donors (Lipinski definition) is 0. The third-order valence-corrected chi connectivity index (χ3v) is 22.0. The first-order chi connectivity index (χ1) is 49.6. The second-order valence-corrected chi connectivity index (χ2v) is 27.8. The highest BCUT2D eigenvalue weighted by Crippen LogP contribution is 2.52. The highest BCUT2D eigenvalue weighted by atomic mass is 32.2. The third kappa shape index (κ3) is 10.2. The topological polar surface area (TPSA) is 19.4 Å². The van der Waals surface area contributed by atoms with Crippen molar-refractivity contribution in [3.8, 4) is 0 Å². The van der Waals surface area contributed by atoms with Gasteiger partial charge < -0.3 is 29.4 Å². The van der Waals surface area contributed by atoms with Crippen LogP contribution in [0, 0.1) is 0 Å². The van der Waals surface area contributed by atoms with Gasteiger partial charge in [-0.05, 0) is 198 Å². The lowest BCUT2D eigenvalue weighted by atomic mass is 9.31. The van der Waals surface area contributed by atoms with Crippen LogP contribution in [0.1, 0.15) is 0 Å². The Hall–Kier alpha value is -12.1. The average molecular weight is 1310 g/mol. The molecule has 0 atom stereocenters. The lowest BCUT2D eigenvalue weighted by Gasteiger charge is -2.45. The Morgan fingerprint density at radius 2 is 0.440 bits per heavy atom. The van der Waals surface area contributed by atoms with Crippen molar-refractivity contribution < 1.29 is 0 Å². The summed E-state index contributed by atoms with van der Waals surface area (Å²) >= 11 is 3.78. The number of hydrogen-bond acceptors (Lipinski definition) is 8. The molecule has 15 aromatic rings. The van der Waals surface area contributed by atoms with E-state index in [1.165, 1.54) is 52.4 Å². The summed E-state index contributed by atoms with van der Waals surface area (Å²) in [6.07, 6.45) is 0. The quantitative estimate of drug-likeness (QED) is 0.0991. The second-order valence-electron chi connectivity index (χ2n) is 25.6. The molecule has 0 N–H and O–H groups in total. The van der Waals surface area contributed by atoms with Crippen LogP contribution in [-0.4, -0.2) is 13.4 Å². The van der Waals surface area contributed by atoms with E-state index < -0.39 is 0 Å². The van der Waals surface area contributed by atoms with Gasteiger partial charge in [-0.3, -0.25) is 0 Å². The molecule has 10 heteroatoms. The van der Waals surface area contributed by atoms with Crippen LogP contribution in [0.5, 0.6) is 0 Å². The van der Waals surface area contributed by atoms with Crippen molar-refractivity contribution in [2.45, 2.75) is 19.6 Å². The molecule has 0 saturated heterocycles. The van der Waals surface area contributed by atoms with E-state index in [4.69, 9.17) is 0 Å². The molecule has 4 heterocycles. The fourth-order valence-electron chi connectivity index (χ4n) is 15.6. The molecule has 0 aliphatic carbocycles. The normalized spacial score (nSPS) is 12.6. The zero-order valence-electron chi connectivity index (χ0n) is 54.5. The molecule has 0 spiro atoms. The standard InChI is InChI=1S/C90H62B2N6S2/c1-11-31-63(32-12-1)93(64-33-13-2-14-34-64)73-51-53-77-85(57-73)99-87-59-75(95(67-39-19-5-20-40-67)68-41-21-6-22-42-68)55-83-89(87)91(77)79-61-80-82(62-81(79)97(83)71-47-27-9-28-48-71)98(72-49-29-10-30-50-72)84-56-76(96(69-43-23-7-24-44-69)70-45-25-8-26-46-70)60-88-90(84)92(80)78-54-52-74(58-86(78)100-88)94(65-35-15-3-16-36-65)66-37-17-4-18-38-66/h1-62H. The molecular weight excluding hydrogens is 1250 g/mol. The van der Waals surface area contributed by atoms with E-state index >= 15 is 0 Å². The summed E-state index contributed by atoms with van der Waals surface area (Å²) in [5.41, 5.74) is 27.5. The van der Waals surface area contributed by atoms with Gasteiger partial charge >= 0.3 is 0 Å². The monoisotopic (exact) mass is 1310 g/mol. The van der Waals surface area contributed by atoms with Crippen LogP contribution in [0.25, 0.3) is 0 Å². The second kappa shape index (κ2) is 25.1. The van der Waals surface area contributed by atoms with E-state index in [-0.39, 0.29) is 13.4 Å². The Balaban J connectivity index is 0.900. The number of anilines is 18. The first-order valence-electron chi connectivity index (χ1n) is 34.1. The van der Waals surface area contributed by atoms with E-state index in [1.54, 1.807) is 0 Å². The average Bonchev–Trinajstić information content (AvgIpc) is 0.690. The van der Waals surface area contributed by atoms with E-state index in [0.29, 0.717) is 0 Å². The minimum absolute atomic E-state index is 0.169. The lowest BCUT2D eigenvalue weighted by Crippen LogP contribution is -2.64. The van der Waals surface area contributed by atoms with Crippen LogP contribution in [0.2, 0.25) is 0 Å². The van der Waals surface area contributed by atoms with Crippen molar-refractivity contribution in [1.82, 2.24) is 0 Å². The smallest absolute Gasteiger partial charge is 0.249 e. The zero-order valence-corrected chi connectivity index (χ0v) is 56.1. The van der Waals surface area contributed by atoms with E-state index in [0.717, 1.165) is 102 Å². The van der Waals surface area contributed by atoms with E-state index in [2.05, 4.69) is 406 Å². The maximum atomic E-state index is 2.65. The highest BCUT2D eigenvalue weighted by molar-refractivity contribution is 8.00. The largest absolute Gasteiger partial charge is 0.311 e. The Kier molecular flexibility index (Phi) is 14.9. The van der Waals surface area contributed by atoms with Gasteiger partial charge in [-0.2, -0.15) is 0 Å². The molecule has 6 nitrogen and oxygen atoms in total. The molecule has 470 valence electrons. The first-order valence-corrected chi connectivity index (χ1v) is 35.8. The van der Waals surface area contributed by atoms with Crippen molar-refractivity contribution in [1.29, 1.82) is 0 Å². The van der Waals surface area contributed by atoms with Gasteiger partial charge in [0.1, 0.15) is 0 Å². The summed E-state index contributed by atoms with van der Waals surface area (Å²) in [4.78, 5) is 19.7. The van der Waals surface area contributed by atoms with Crippen molar-refractivity contribution in [3.63, 3.8) is 0 Å². The van der Waals surface area contributed by atoms with Crippen LogP contribution >= 0.6 is 23.5 Å². The van der Waals surface area contributed by atoms with Crippen LogP contribution in [-0.2, 0) is 0 Å². The fourth-order valence-corrected chi connectivity index (χ4v) is 18.0. The van der Waals surface area contributed by atoms with Gasteiger partial charge in [0.2, 0.25) is 13.4 Å². The lowest BCUT2D eigenvalue weighted by molar-refractivity contribution is 1.21. The summed E-state index contributed by atoms with van der Waals surface area (Å²) < 4.78 is 0. The van der Waals surface area contributed by atoms with E-state index in [9.17, 15) is 0 Å². The number of para-hydroxylation sites is 10. The van der Waals surface area contributed by atoms with E-state index in [1.807, 2.05) is 23.5 Å². The minimum Gasteiger partial charge on any atom is -0.311 e. The Bertz CT molecular complexity index is 5020. The van der Waals surface area contributed by atoms with Crippen molar-refractivity contribution >= 4 is 172 Å². The molecule has 4 aliphatic heterocycles. The Labute approximate surface area is 593 Å². The Morgan fingerprint density at radius 1 is 0.190 bits per heavy atom. The number of rotatable bonds is 14.